The number of hydrogen-bond donors (Lipinski definition) is 2. The maximum atomic E-state index is 13.6. The van der Waals surface area contributed by atoms with Crippen LogP contribution in [0, 0.1) is 28.8 Å². The Morgan fingerprint density at radius 3 is 2.62 bits per heavy atom. The zero-order chi connectivity index (χ0) is 15.6. The van der Waals surface area contributed by atoms with Gasteiger partial charge >= 0.3 is 0 Å². The first-order valence-electron chi connectivity index (χ1n) is 6.99. The topological polar surface area (TPSA) is 41.1 Å². The lowest BCUT2D eigenvalue weighted by Crippen LogP contribution is -2.44. The van der Waals surface area contributed by atoms with Crippen molar-refractivity contribution in [2.75, 3.05) is 18.4 Å². The lowest BCUT2D eigenvalue weighted by molar-refractivity contribution is -0.127. The Morgan fingerprint density at radius 2 is 2.00 bits per heavy atom. The first-order valence-corrected chi connectivity index (χ1v) is 6.99. The molecule has 1 saturated heterocycles. The molecule has 21 heavy (non-hydrogen) atoms. The van der Waals surface area contributed by atoms with Crippen molar-refractivity contribution in [1.29, 1.82) is 0 Å². The molecule has 0 aliphatic carbocycles. The second-order valence-electron chi connectivity index (χ2n) is 5.94. The number of piperidine rings is 1. The fourth-order valence-corrected chi connectivity index (χ4v) is 2.56. The van der Waals surface area contributed by atoms with Gasteiger partial charge in [0.05, 0.1) is 5.69 Å². The minimum atomic E-state index is -1.58. The Morgan fingerprint density at radius 1 is 1.29 bits per heavy atom. The van der Waals surface area contributed by atoms with E-state index in [0.29, 0.717) is 6.54 Å². The molecule has 3 nitrogen and oxygen atoms in total. The van der Waals surface area contributed by atoms with Gasteiger partial charge in [-0.1, -0.05) is 13.8 Å². The molecule has 2 rings (SSSR count). The number of carbonyl (C=O) groups is 1. The lowest BCUT2D eigenvalue weighted by atomic mass is 9.74. The summed E-state index contributed by atoms with van der Waals surface area (Å²) in [4.78, 5) is 12.4. The summed E-state index contributed by atoms with van der Waals surface area (Å²) in [7, 11) is 0. The van der Waals surface area contributed by atoms with Crippen LogP contribution in [0.2, 0.25) is 0 Å². The molecule has 0 spiro atoms. The monoisotopic (exact) mass is 300 g/mol. The number of benzene rings is 1. The van der Waals surface area contributed by atoms with E-state index in [1.807, 2.05) is 0 Å². The van der Waals surface area contributed by atoms with Crippen LogP contribution in [0.4, 0.5) is 18.9 Å². The van der Waals surface area contributed by atoms with Gasteiger partial charge in [-0.2, -0.15) is 0 Å². The van der Waals surface area contributed by atoms with E-state index < -0.39 is 28.8 Å². The molecule has 116 valence electrons. The van der Waals surface area contributed by atoms with Gasteiger partial charge in [-0.25, -0.2) is 13.2 Å². The third-order valence-corrected chi connectivity index (χ3v) is 4.19. The average Bonchev–Trinajstić information content (AvgIpc) is 2.48. The van der Waals surface area contributed by atoms with Crippen molar-refractivity contribution in [1.82, 2.24) is 5.32 Å². The van der Waals surface area contributed by atoms with E-state index in [1.54, 1.807) is 13.8 Å². The first kappa shape index (κ1) is 15.8. The Balaban J connectivity index is 2.15. The van der Waals surface area contributed by atoms with Crippen molar-refractivity contribution in [2.24, 2.45) is 11.3 Å². The van der Waals surface area contributed by atoms with Gasteiger partial charge in [-0.3, -0.25) is 4.79 Å². The molecule has 2 N–H and O–H groups in total. The zero-order valence-electron chi connectivity index (χ0n) is 12.1. The summed E-state index contributed by atoms with van der Waals surface area (Å²) in [5.74, 6) is -4.52. The van der Waals surface area contributed by atoms with Crippen molar-refractivity contribution in [3.8, 4) is 0 Å². The predicted octanol–water partition coefficient (Wildman–Crippen LogP) is 3.07. The van der Waals surface area contributed by atoms with E-state index in [-0.39, 0.29) is 11.6 Å². The van der Waals surface area contributed by atoms with Gasteiger partial charge in [-0.05, 0) is 44.0 Å². The number of halogens is 3. The van der Waals surface area contributed by atoms with E-state index in [2.05, 4.69) is 10.6 Å². The van der Waals surface area contributed by atoms with Crippen LogP contribution in [-0.4, -0.2) is 19.0 Å². The fourth-order valence-electron chi connectivity index (χ4n) is 2.56. The van der Waals surface area contributed by atoms with E-state index in [0.717, 1.165) is 31.5 Å². The van der Waals surface area contributed by atoms with Crippen molar-refractivity contribution < 1.29 is 18.0 Å². The molecule has 1 atom stereocenters. The molecular formula is C15H19F3N2O. The fraction of sp³-hybridized carbons (Fsp3) is 0.533. The number of carbonyl (C=O) groups excluding carboxylic acids is 1. The Kier molecular flexibility index (Phi) is 4.56. The highest BCUT2D eigenvalue weighted by atomic mass is 19.2. The maximum absolute atomic E-state index is 13.6. The van der Waals surface area contributed by atoms with Crippen LogP contribution in [0.25, 0.3) is 0 Å². The maximum Gasteiger partial charge on any atom is 0.230 e. The molecule has 1 heterocycles. The van der Waals surface area contributed by atoms with Crippen LogP contribution >= 0.6 is 0 Å². The summed E-state index contributed by atoms with van der Waals surface area (Å²) in [5.41, 5.74) is -1.07. The van der Waals surface area contributed by atoms with Gasteiger partial charge in [0, 0.05) is 5.41 Å². The molecule has 1 amide bonds. The van der Waals surface area contributed by atoms with E-state index >= 15 is 0 Å². The largest absolute Gasteiger partial charge is 0.323 e. The second-order valence-corrected chi connectivity index (χ2v) is 5.94. The number of amides is 1. The number of rotatable bonds is 3. The van der Waals surface area contributed by atoms with Crippen LogP contribution < -0.4 is 10.6 Å². The molecule has 1 aromatic carbocycles. The first-order chi connectivity index (χ1) is 9.84. The molecule has 1 unspecified atom stereocenters. The molecular weight excluding hydrogens is 281 g/mol. The highest BCUT2D eigenvalue weighted by Gasteiger charge is 2.37. The number of nitrogens with one attached hydrogen (secondary N) is 2. The summed E-state index contributed by atoms with van der Waals surface area (Å²) in [6, 6.07) is 1.82. The highest BCUT2D eigenvalue weighted by molar-refractivity contribution is 5.95. The van der Waals surface area contributed by atoms with Crippen LogP contribution in [-0.2, 0) is 4.79 Å². The van der Waals surface area contributed by atoms with Crippen molar-refractivity contribution in [3.63, 3.8) is 0 Å². The van der Waals surface area contributed by atoms with Gasteiger partial charge in [0.1, 0.15) is 0 Å². The van der Waals surface area contributed by atoms with Gasteiger partial charge in [0.15, 0.2) is 17.5 Å². The summed E-state index contributed by atoms with van der Waals surface area (Å²) >= 11 is 0. The highest BCUT2D eigenvalue weighted by Crippen LogP contribution is 2.33. The van der Waals surface area contributed by atoms with Crippen LogP contribution in [0.1, 0.15) is 26.7 Å². The van der Waals surface area contributed by atoms with Gasteiger partial charge in [-0.15, -0.1) is 0 Å². The number of hydrogen-bond acceptors (Lipinski definition) is 2. The lowest BCUT2D eigenvalue weighted by Gasteiger charge is -2.36. The van der Waals surface area contributed by atoms with E-state index in [9.17, 15) is 18.0 Å². The molecule has 6 heteroatoms. The molecule has 1 aromatic rings. The average molecular weight is 300 g/mol. The SMILES string of the molecule is CC(C)(C(=O)Nc1ccc(F)c(F)c1F)C1CCCNC1. The molecule has 0 saturated carbocycles. The molecule has 1 aliphatic rings. The summed E-state index contributed by atoms with van der Waals surface area (Å²) < 4.78 is 39.7. The number of anilines is 1. The molecule has 1 aliphatic heterocycles. The predicted molar refractivity (Wildman–Crippen MR) is 74.3 cm³/mol. The summed E-state index contributed by atoms with van der Waals surface area (Å²) in [6.07, 6.45) is 1.87. The Bertz CT molecular complexity index is 540. The zero-order valence-corrected chi connectivity index (χ0v) is 12.1. The van der Waals surface area contributed by atoms with Crippen molar-refractivity contribution in [2.45, 2.75) is 26.7 Å². The van der Waals surface area contributed by atoms with E-state index in [1.165, 1.54) is 0 Å². The summed E-state index contributed by atoms with van der Waals surface area (Å²) in [6.45, 7) is 5.18. The van der Waals surface area contributed by atoms with Crippen LogP contribution in [0.15, 0.2) is 12.1 Å². The molecule has 1 fully saturated rings. The summed E-state index contributed by atoms with van der Waals surface area (Å²) in [5, 5.41) is 5.59. The van der Waals surface area contributed by atoms with Gasteiger partial charge in [0.25, 0.3) is 0 Å². The third-order valence-electron chi connectivity index (χ3n) is 4.19. The smallest absolute Gasteiger partial charge is 0.230 e. The van der Waals surface area contributed by atoms with Crippen molar-refractivity contribution >= 4 is 11.6 Å². The minimum Gasteiger partial charge on any atom is -0.323 e. The van der Waals surface area contributed by atoms with E-state index in [4.69, 9.17) is 0 Å². The normalized spacial score (nSPS) is 19.4. The Labute approximate surface area is 121 Å². The molecule has 0 radical (unpaired) electrons. The third kappa shape index (κ3) is 3.20. The molecule has 0 aromatic heterocycles. The van der Waals surface area contributed by atoms with Crippen LogP contribution in [0.5, 0.6) is 0 Å². The Hall–Kier alpha value is -1.56. The van der Waals surface area contributed by atoms with Gasteiger partial charge < -0.3 is 10.6 Å². The molecule has 0 bridgehead atoms. The van der Waals surface area contributed by atoms with Crippen LogP contribution in [0.3, 0.4) is 0 Å². The minimum absolute atomic E-state index is 0.111. The van der Waals surface area contributed by atoms with Crippen molar-refractivity contribution in [3.05, 3.63) is 29.6 Å². The quantitative estimate of drug-likeness (QED) is 0.842. The standard InChI is InChI=1S/C15H19F3N2O/c1-15(2,9-4-3-7-19-8-9)14(21)20-11-6-5-10(16)12(17)13(11)18/h5-6,9,19H,3-4,7-8H2,1-2H3,(H,20,21). The van der Waals surface area contributed by atoms with Gasteiger partial charge in [0.2, 0.25) is 5.91 Å². The second kappa shape index (κ2) is 6.05.